The average molecular weight is 351 g/mol. The van der Waals surface area contributed by atoms with E-state index in [9.17, 15) is 5.11 Å². The Morgan fingerprint density at radius 3 is 2.77 bits per heavy atom. The molecule has 0 saturated heterocycles. The molecule has 0 saturated carbocycles. The summed E-state index contributed by atoms with van der Waals surface area (Å²) in [5, 5.41) is 14.2. The zero-order chi connectivity index (χ0) is 17.9. The van der Waals surface area contributed by atoms with Crippen molar-refractivity contribution in [3.05, 3.63) is 71.1 Å². The van der Waals surface area contributed by atoms with Gasteiger partial charge in [-0.05, 0) is 12.5 Å². The van der Waals surface area contributed by atoms with Crippen molar-refractivity contribution in [1.82, 2.24) is 24.2 Å². The van der Waals surface area contributed by atoms with E-state index in [2.05, 4.69) is 50.7 Å². The smallest absolute Gasteiger partial charge is 0.0951 e. The Hall–Kier alpha value is -2.44. The first-order valence-electron chi connectivity index (χ1n) is 9.22. The fourth-order valence-corrected chi connectivity index (χ4v) is 3.77. The second-order valence-electron chi connectivity index (χ2n) is 6.80. The fourth-order valence-electron chi connectivity index (χ4n) is 3.77. The Morgan fingerprint density at radius 2 is 2.00 bits per heavy atom. The first-order valence-corrected chi connectivity index (χ1v) is 9.22. The number of aromatic nitrogens is 4. The van der Waals surface area contributed by atoms with Crippen LogP contribution in [0.2, 0.25) is 0 Å². The molecule has 2 aromatic heterocycles. The summed E-state index contributed by atoms with van der Waals surface area (Å²) in [6.45, 7) is 6.49. The van der Waals surface area contributed by atoms with Gasteiger partial charge in [0.05, 0.1) is 24.3 Å². The van der Waals surface area contributed by atoms with Crippen molar-refractivity contribution in [3.63, 3.8) is 0 Å². The summed E-state index contributed by atoms with van der Waals surface area (Å²) in [4.78, 5) is 6.78. The highest BCUT2D eigenvalue weighted by Crippen LogP contribution is 2.24. The van der Waals surface area contributed by atoms with Crippen molar-refractivity contribution in [1.29, 1.82) is 0 Å². The van der Waals surface area contributed by atoms with E-state index in [1.54, 1.807) is 0 Å². The van der Waals surface area contributed by atoms with Gasteiger partial charge in [0.2, 0.25) is 0 Å². The molecule has 0 fully saturated rings. The van der Waals surface area contributed by atoms with E-state index in [4.69, 9.17) is 0 Å². The summed E-state index contributed by atoms with van der Waals surface area (Å²) in [6, 6.07) is 10.5. The zero-order valence-electron chi connectivity index (χ0n) is 15.2. The Bertz CT molecular complexity index is 868. The van der Waals surface area contributed by atoms with Crippen LogP contribution in [0.4, 0.5) is 0 Å². The van der Waals surface area contributed by atoms with Gasteiger partial charge in [-0.3, -0.25) is 9.58 Å². The Kier molecular flexibility index (Phi) is 4.86. The number of hydrogen-bond donors (Lipinski definition) is 1. The third-order valence-corrected chi connectivity index (χ3v) is 5.13. The number of fused-ring (bicyclic) bond motifs is 1. The first-order chi connectivity index (χ1) is 12.8. The average Bonchev–Trinajstić information content (AvgIpc) is 3.26. The van der Waals surface area contributed by atoms with Crippen LogP contribution < -0.4 is 0 Å². The van der Waals surface area contributed by atoms with Crippen LogP contribution in [0.5, 0.6) is 0 Å². The van der Waals surface area contributed by atoms with E-state index >= 15 is 0 Å². The van der Waals surface area contributed by atoms with Crippen molar-refractivity contribution >= 4 is 0 Å². The number of aryl methyl sites for hydroxylation is 1. The molecule has 1 aromatic carbocycles. The molecule has 1 aliphatic heterocycles. The number of rotatable bonds is 6. The molecule has 0 spiro atoms. The van der Waals surface area contributed by atoms with Gasteiger partial charge in [-0.25, -0.2) is 4.98 Å². The molecule has 0 atom stereocenters. The maximum Gasteiger partial charge on any atom is 0.0951 e. The molecule has 136 valence electrons. The molecular weight excluding hydrogens is 326 g/mol. The fraction of sp³-hybridized carbons (Fsp3) is 0.400. The maximum atomic E-state index is 9.65. The lowest BCUT2D eigenvalue weighted by Gasteiger charge is -2.28. The molecule has 26 heavy (non-hydrogen) atoms. The number of imidazole rings is 1. The monoisotopic (exact) mass is 351 g/mol. The van der Waals surface area contributed by atoms with Crippen molar-refractivity contribution in [2.45, 2.75) is 46.1 Å². The molecule has 1 aliphatic rings. The SMILES string of the molecule is CCn1nc(CO)c2c1CCN(Cc1cncn1Cc1ccccc1)C2. The Labute approximate surface area is 153 Å². The van der Waals surface area contributed by atoms with Crippen LogP contribution in [-0.4, -0.2) is 35.9 Å². The van der Waals surface area contributed by atoms with Crippen molar-refractivity contribution in [2.75, 3.05) is 6.54 Å². The van der Waals surface area contributed by atoms with E-state index in [-0.39, 0.29) is 6.61 Å². The lowest BCUT2D eigenvalue weighted by atomic mass is 10.0. The van der Waals surface area contributed by atoms with Gasteiger partial charge in [0.15, 0.2) is 0 Å². The summed E-state index contributed by atoms with van der Waals surface area (Å²) in [7, 11) is 0. The highest BCUT2D eigenvalue weighted by Gasteiger charge is 2.24. The van der Waals surface area contributed by atoms with Gasteiger partial charge in [-0.2, -0.15) is 5.10 Å². The molecule has 1 N–H and O–H groups in total. The molecule has 3 aromatic rings. The second kappa shape index (κ2) is 7.43. The lowest BCUT2D eigenvalue weighted by Crippen LogP contribution is -2.31. The minimum atomic E-state index is 0.00904. The summed E-state index contributed by atoms with van der Waals surface area (Å²) < 4.78 is 4.26. The number of aliphatic hydroxyl groups is 1. The van der Waals surface area contributed by atoms with Crippen LogP contribution in [-0.2, 0) is 39.2 Å². The van der Waals surface area contributed by atoms with E-state index in [1.165, 1.54) is 22.5 Å². The minimum absolute atomic E-state index is 0.00904. The summed E-state index contributed by atoms with van der Waals surface area (Å²) in [5.41, 5.74) is 5.80. The molecule has 4 rings (SSSR count). The number of hydrogen-bond acceptors (Lipinski definition) is 4. The third-order valence-electron chi connectivity index (χ3n) is 5.13. The van der Waals surface area contributed by atoms with Crippen LogP contribution in [0.25, 0.3) is 0 Å². The highest BCUT2D eigenvalue weighted by atomic mass is 16.3. The van der Waals surface area contributed by atoms with E-state index in [0.717, 1.165) is 44.8 Å². The van der Waals surface area contributed by atoms with Gasteiger partial charge in [-0.1, -0.05) is 30.3 Å². The van der Waals surface area contributed by atoms with Gasteiger partial charge in [-0.15, -0.1) is 0 Å². The standard InChI is InChI=1S/C20H25N5O/c1-2-25-20-8-9-23(13-18(20)19(14-26)22-25)12-17-10-21-15-24(17)11-16-6-4-3-5-7-16/h3-7,10,15,26H,2,8-9,11-14H2,1H3. The maximum absolute atomic E-state index is 9.65. The van der Waals surface area contributed by atoms with Crippen LogP contribution in [0, 0.1) is 0 Å². The molecule has 3 heterocycles. The van der Waals surface area contributed by atoms with Crippen molar-refractivity contribution in [3.8, 4) is 0 Å². The molecule has 6 nitrogen and oxygen atoms in total. The second-order valence-corrected chi connectivity index (χ2v) is 6.80. The van der Waals surface area contributed by atoms with Gasteiger partial charge in [0.1, 0.15) is 0 Å². The van der Waals surface area contributed by atoms with Crippen molar-refractivity contribution < 1.29 is 5.11 Å². The van der Waals surface area contributed by atoms with Crippen LogP contribution in [0.1, 0.15) is 35.1 Å². The predicted octanol–water partition coefficient (Wildman–Crippen LogP) is 2.20. The van der Waals surface area contributed by atoms with Crippen molar-refractivity contribution in [2.24, 2.45) is 0 Å². The van der Waals surface area contributed by atoms with Gasteiger partial charge < -0.3 is 9.67 Å². The summed E-state index contributed by atoms with van der Waals surface area (Å²) in [6.07, 6.45) is 4.84. The largest absolute Gasteiger partial charge is 0.390 e. The topological polar surface area (TPSA) is 59.1 Å². The number of nitrogens with zero attached hydrogens (tertiary/aromatic N) is 5. The zero-order valence-corrected chi connectivity index (χ0v) is 15.2. The quantitative estimate of drug-likeness (QED) is 0.740. The lowest BCUT2D eigenvalue weighted by molar-refractivity contribution is 0.231. The summed E-state index contributed by atoms with van der Waals surface area (Å²) >= 11 is 0. The predicted molar refractivity (Wildman–Crippen MR) is 99.4 cm³/mol. The van der Waals surface area contributed by atoms with E-state index in [1.807, 2.05) is 23.3 Å². The molecule has 0 amide bonds. The number of benzene rings is 1. The Balaban J connectivity index is 1.50. The number of aliphatic hydroxyl groups excluding tert-OH is 1. The summed E-state index contributed by atoms with van der Waals surface area (Å²) in [5.74, 6) is 0. The van der Waals surface area contributed by atoms with Gasteiger partial charge in [0.25, 0.3) is 0 Å². The minimum Gasteiger partial charge on any atom is -0.390 e. The molecule has 0 radical (unpaired) electrons. The first kappa shape index (κ1) is 17.0. The van der Waals surface area contributed by atoms with Crippen LogP contribution >= 0.6 is 0 Å². The Morgan fingerprint density at radius 1 is 1.15 bits per heavy atom. The normalized spacial score (nSPS) is 14.5. The molecule has 0 unspecified atom stereocenters. The van der Waals surface area contributed by atoms with Crippen LogP contribution in [0.3, 0.4) is 0 Å². The molecule has 0 aliphatic carbocycles. The van der Waals surface area contributed by atoms with E-state index in [0.29, 0.717) is 0 Å². The van der Waals surface area contributed by atoms with Gasteiger partial charge in [0, 0.05) is 56.6 Å². The van der Waals surface area contributed by atoms with Crippen LogP contribution in [0.15, 0.2) is 42.9 Å². The highest BCUT2D eigenvalue weighted by molar-refractivity contribution is 5.28. The van der Waals surface area contributed by atoms with E-state index < -0.39 is 0 Å². The molecule has 6 heteroatoms. The molecular formula is C20H25N5O. The third kappa shape index (κ3) is 3.30. The molecule has 0 bridgehead atoms. The van der Waals surface area contributed by atoms with Gasteiger partial charge >= 0.3 is 0 Å².